The van der Waals surface area contributed by atoms with Crippen LogP contribution in [0.2, 0.25) is 0 Å². The maximum Gasteiger partial charge on any atom is 0.305 e. The lowest BCUT2D eigenvalue weighted by Crippen LogP contribution is -1.99. The van der Waals surface area contributed by atoms with E-state index in [-0.39, 0.29) is 5.97 Å². The molecular weight excluding hydrogens is 236 g/mol. The molecule has 0 aromatic carbocycles. The van der Waals surface area contributed by atoms with Crippen molar-refractivity contribution in [2.75, 3.05) is 7.11 Å². The summed E-state index contributed by atoms with van der Waals surface area (Å²) in [6.07, 6.45) is 18.9. The van der Waals surface area contributed by atoms with Crippen LogP contribution < -0.4 is 0 Å². The van der Waals surface area contributed by atoms with Gasteiger partial charge in [-0.1, -0.05) is 37.5 Å². The normalized spacial score (nSPS) is 13.8. The third kappa shape index (κ3) is 8.23. The van der Waals surface area contributed by atoms with E-state index in [1.165, 1.54) is 31.9 Å². The van der Waals surface area contributed by atoms with Crippen molar-refractivity contribution >= 4 is 5.97 Å². The van der Waals surface area contributed by atoms with E-state index in [2.05, 4.69) is 28.7 Å². The van der Waals surface area contributed by atoms with E-state index in [0.717, 1.165) is 25.7 Å². The van der Waals surface area contributed by atoms with Crippen LogP contribution in [0.4, 0.5) is 0 Å². The largest absolute Gasteiger partial charge is 0.469 e. The molecular formula is C17H24O2. The van der Waals surface area contributed by atoms with E-state index >= 15 is 0 Å². The van der Waals surface area contributed by atoms with Crippen LogP contribution in [0, 0.1) is 0 Å². The Morgan fingerprint density at radius 2 is 2.05 bits per heavy atom. The van der Waals surface area contributed by atoms with Gasteiger partial charge in [-0.2, -0.15) is 0 Å². The van der Waals surface area contributed by atoms with Gasteiger partial charge in [-0.25, -0.2) is 0 Å². The Morgan fingerprint density at radius 3 is 2.89 bits per heavy atom. The summed E-state index contributed by atoms with van der Waals surface area (Å²) in [6, 6.07) is 0. The van der Waals surface area contributed by atoms with Crippen molar-refractivity contribution in [1.29, 1.82) is 0 Å². The zero-order chi connectivity index (χ0) is 13.8. The van der Waals surface area contributed by atoms with Crippen LogP contribution in [0.1, 0.15) is 51.4 Å². The van der Waals surface area contributed by atoms with Crippen molar-refractivity contribution in [2.45, 2.75) is 51.4 Å². The Labute approximate surface area is 116 Å². The third-order valence-corrected chi connectivity index (χ3v) is 3.17. The van der Waals surface area contributed by atoms with Crippen LogP contribution in [-0.4, -0.2) is 13.1 Å². The molecule has 0 aromatic rings. The first kappa shape index (κ1) is 15.5. The molecule has 0 atom stereocenters. The molecule has 0 bridgehead atoms. The van der Waals surface area contributed by atoms with Crippen molar-refractivity contribution < 1.29 is 9.53 Å². The first-order valence-electron chi connectivity index (χ1n) is 7.16. The summed E-state index contributed by atoms with van der Waals surface area (Å²) in [6.45, 7) is 0. The zero-order valence-electron chi connectivity index (χ0n) is 11.9. The Kier molecular flexibility index (Phi) is 8.50. The molecule has 2 nitrogen and oxygen atoms in total. The highest BCUT2D eigenvalue weighted by Gasteiger charge is 1.99. The Bertz CT molecular complexity index is 382. The van der Waals surface area contributed by atoms with Crippen LogP contribution in [0.25, 0.3) is 0 Å². The summed E-state index contributed by atoms with van der Waals surface area (Å²) >= 11 is 0. The predicted molar refractivity (Wildman–Crippen MR) is 78.8 cm³/mol. The average molecular weight is 260 g/mol. The van der Waals surface area contributed by atoms with Gasteiger partial charge in [-0.05, 0) is 43.4 Å². The SMILES string of the molecule is COC(=O)CCCCCCCC1=CC=C=CCC=C1. The van der Waals surface area contributed by atoms with Gasteiger partial charge in [-0.15, -0.1) is 5.73 Å². The molecule has 1 aliphatic rings. The minimum Gasteiger partial charge on any atom is -0.469 e. The fraction of sp³-hybridized carbons (Fsp3) is 0.529. The molecule has 19 heavy (non-hydrogen) atoms. The fourth-order valence-corrected chi connectivity index (χ4v) is 2.03. The minimum absolute atomic E-state index is 0.0929. The lowest BCUT2D eigenvalue weighted by molar-refractivity contribution is -0.140. The number of hydrogen-bond acceptors (Lipinski definition) is 2. The number of esters is 1. The molecule has 2 heteroatoms. The summed E-state index contributed by atoms with van der Waals surface area (Å²) in [5.41, 5.74) is 4.51. The molecule has 0 fully saturated rings. The smallest absolute Gasteiger partial charge is 0.305 e. The quantitative estimate of drug-likeness (QED) is 0.365. The molecule has 0 N–H and O–H groups in total. The van der Waals surface area contributed by atoms with Gasteiger partial charge in [0.15, 0.2) is 0 Å². The van der Waals surface area contributed by atoms with Crippen molar-refractivity contribution in [3.63, 3.8) is 0 Å². The second kappa shape index (κ2) is 10.4. The molecule has 0 aromatic heterocycles. The van der Waals surface area contributed by atoms with Gasteiger partial charge in [0.25, 0.3) is 0 Å². The lowest BCUT2D eigenvalue weighted by atomic mass is 10.0. The van der Waals surface area contributed by atoms with Gasteiger partial charge in [0, 0.05) is 6.42 Å². The molecule has 0 amide bonds. The van der Waals surface area contributed by atoms with Gasteiger partial charge >= 0.3 is 5.97 Å². The van der Waals surface area contributed by atoms with E-state index < -0.39 is 0 Å². The van der Waals surface area contributed by atoms with Crippen LogP contribution >= 0.6 is 0 Å². The van der Waals surface area contributed by atoms with Gasteiger partial charge < -0.3 is 4.74 Å². The first-order valence-corrected chi connectivity index (χ1v) is 7.16. The summed E-state index contributed by atoms with van der Waals surface area (Å²) < 4.78 is 4.61. The van der Waals surface area contributed by atoms with Crippen LogP contribution in [-0.2, 0) is 9.53 Å². The number of hydrogen-bond donors (Lipinski definition) is 0. The number of carbonyl (C=O) groups excluding carboxylic acids is 1. The van der Waals surface area contributed by atoms with E-state index in [9.17, 15) is 4.79 Å². The summed E-state index contributed by atoms with van der Waals surface area (Å²) in [5.74, 6) is -0.0929. The van der Waals surface area contributed by atoms with Crippen LogP contribution in [0.15, 0.2) is 41.7 Å². The van der Waals surface area contributed by atoms with Crippen molar-refractivity contribution in [2.24, 2.45) is 0 Å². The Hall–Kier alpha value is -1.53. The van der Waals surface area contributed by atoms with Crippen LogP contribution in [0.3, 0.4) is 0 Å². The maximum atomic E-state index is 10.9. The standard InChI is InChI=1S/C17H24O2/c1-19-17(18)15-11-7-3-6-10-14-16-12-8-4-2-5-9-13-16/h2,8-9,12-13H,3-4,6-7,10-11,14-15H2,1H3. The third-order valence-electron chi connectivity index (χ3n) is 3.17. The van der Waals surface area contributed by atoms with Crippen LogP contribution in [0.5, 0.6) is 0 Å². The van der Waals surface area contributed by atoms with Gasteiger partial charge in [0.2, 0.25) is 0 Å². The van der Waals surface area contributed by atoms with Gasteiger partial charge in [-0.3, -0.25) is 4.79 Å². The zero-order valence-corrected chi connectivity index (χ0v) is 11.9. The molecule has 0 heterocycles. The number of carbonyl (C=O) groups is 1. The first-order chi connectivity index (χ1) is 9.33. The average Bonchev–Trinajstić information content (AvgIpc) is 2.39. The van der Waals surface area contributed by atoms with Crippen molar-refractivity contribution in [3.05, 3.63) is 41.7 Å². The number of ether oxygens (including phenoxy) is 1. The monoisotopic (exact) mass is 260 g/mol. The molecule has 0 aliphatic heterocycles. The minimum atomic E-state index is -0.0929. The number of unbranched alkanes of at least 4 members (excludes halogenated alkanes) is 4. The fourth-order valence-electron chi connectivity index (χ4n) is 2.03. The Morgan fingerprint density at radius 1 is 1.26 bits per heavy atom. The molecule has 1 rings (SSSR count). The maximum absolute atomic E-state index is 10.9. The highest BCUT2D eigenvalue weighted by molar-refractivity contribution is 5.68. The topological polar surface area (TPSA) is 26.3 Å². The molecule has 104 valence electrons. The predicted octanol–water partition coefficient (Wildman–Crippen LogP) is 4.49. The summed E-state index contributed by atoms with van der Waals surface area (Å²) in [4.78, 5) is 10.9. The summed E-state index contributed by atoms with van der Waals surface area (Å²) in [7, 11) is 1.45. The highest BCUT2D eigenvalue weighted by atomic mass is 16.5. The van der Waals surface area contributed by atoms with Crippen molar-refractivity contribution in [3.8, 4) is 0 Å². The molecule has 1 aliphatic carbocycles. The molecule has 0 radical (unpaired) electrons. The van der Waals surface area contributed by atoms with Gasteiger partial charge in [0.05, 0.1) is 7.11 Å². The molecule has 0 spiro atoms. The van der Waals surface area contributed by atoms with E-state index in [1.807, 2.05) is 12.2 Å². The number of methoxy groups -OCH3 is 1. The lowest BCUT2D eigenvalue weighted by Gasteiger charge is -2.03. The number of rotatable bonds is 8. The highest BCUT2D eigenvalue weighted by Crippen LogP contribution is 2.14. The second-order valence-electron chi connectivity index (χ2n) is 4.76. The van der Waals surface area contributed by atoms with E-state index in [0.29, 0.717) is 6.42 Å². The Balaban J connectivity index is 2.04. The number of allylic oxidation sites excluding steroid dienone is 5. The molecule has 0 unspecified atom stereocenters. The molecule has 0 saturated carbocycles. The second-order valence-corrected chi connectivity index (χ2v) is 4.76. The van der Waals surface area contributed by atoms with E-state index in [4.69, 9.17) is 0 Å². The molecule has 0 saturated heterocycles. The van der Waals surface area contributed by atoms with E-state index in [1.54, 1.807) is 0 Å². The summed E-state index contributed by atoms with van der Waals surface area (Å²) in [5, 5.41) is 0. The van der Waals surface area contributed by atoms with Crippen molar-refractivity contribution in [1.82, 2.24) is 0 Å². The van der Waals surface area contributed by atoms with Gasteiger partial charge in [0.1, 0.15) is 0 Å².